The van der Waals surface area contributed by atoms with Gasteiger partial charge in [0.1, 0.15) is 0 Å². The van der Waals surface area contributed by atoms with Crippen molar-refractivity contribution in [2.24, 2.45) is 0 Å². The molecule has 18 heavy (non-hydrogen) atoms. The lowest BCUT2D eigenvalue weighted by molar-refractivity contribution is -0.137. The number of carbonyl (C=O) groups excluding carboxylic acids is 2. The van der Waals surface area contributed by atoms with Crippen molar-refractivity contribution < 1.29 is 18.4 Å². The van der Waals surface area contributed by atoms with Gasteiger partial charge in [0.05, 0.1) is 12.5 Å². The van der Waals surface area contributed by atoms with Gasteiger partial charge in [0.25, 0.3) is 0 Å². The summed E-state index contributed by atoms with van der Waals surface area (Å²) < 4.78 is 26.3. The number of nitrogens with one attached hydrogen (secondary N) is 1. The van der Waals surface area contributed by atoms with Crippen LogP contribution in [0.4, 0.5) is 8.78 Å². The molecule has 1 unspecified atom stereocenters. The van der Waals surface area contributed by atoms with E-state index in [0.29, 0.717) is 0 Å². The van der Waals surface area contributed by atoms with Gasteiger partial charge in [-0.15, -0.1) is 0 Å². The third-order valence-electron chi connectivity index (χ3n) is 2.95. The zero-order chi connectivity index (χ0) is 13.3. The summed E-state index contributed by atoms with van der Waals surface area (Å²) in [6, 6.07) is 3.18. The molecule has 1 aromatic carbocycles. The molecule has 0 radical (unpaired) electrons. The van der Waals surface area contributed by atoms with Gasteiger partial charge in [-0.2, -0.15) is 0 Å². The fourth-order valence-corrected chi connectivity index (χ4v) is 1.83. The van der Waals surface area contributed by atoms with Gasteiger partial charge in [-0.05, 0) is 6.07 Å². The van der Waals surface area contributed by atoms with Crippen molar-refractivity contribution in [2.45, 2.75) is 19.0 Å². The molecule has 6 heteroatoms. The molecular formula is C12H12F2N2O2. The minimum Gasteiger partial charge on any atom is -0.301 e. The highest BCUT2D eigenvalue weighted by atomic mass is 19.2. The molecule has 96 valence electrons. The summed E-state index contributed by atoms with van der Waals surface area (Å²) in [5, 5.41) is 2.76. The Morgan fingerprint density at radius 2 is 2.11 bits per heavy atom. The second-order valence-corrected chi connectivity index (χ2v) is 4.14. The molecule has 1 heterocycles. The smallest absolute Gasteiger partial charge is 0.246 e. The molecule has 1 saturated heterocycles. The van der Waals surface area contributed by atoms with Crippen molar-refractivity contribution in [3.8, 4) is 0 Å². The number of likely N-dealkylation sites (N-methyl/N-ethyl adjacent to an activating group) is 1. The van der Waals surface area contributed by atoms with Gasteiger partial charge in [-0.1, -0.05) is 12.1 Å². The maximum absolute atomic E-state index is 13.3. The molecule has 1 atom stereocenters. The molecule has 1 aliphatic rings. The number of carbonyl (C=O) groups is 2. The van der Waals surface area contributed by atoms with Gasteiger partial charge in [-0.25, -0.2) is 8.78 Å². The molecule has 0 spiro atoms. The number of hydrogen-bond donors (Lipinski definition) is 1. The van der Waals surface area contributed by atoms with E-state index in [2.05, 4.69) is 5.32 Å². The number of halogens is 2. The van der Waals surface area contributed by atoms with Crippen molar-refractivity contribution >= 4 is 11.8 Å². The summed E-state index contributed by atoms with van der Waals surface area (Å²) in [5.41, 5.74) is 0.129. The Hall–Kier alpha value is -1.82. The SMILES string of the molecule is CN1C(=O)CC(NCc2cccc(F)c2F)C1=O. The van der Waals surface area contributed by atoms with Gasteiger partial charge in [0.2, 0.25) is 11.8 Å². The van der Waals surface area contributed by atoms with Crippen LogP contribution < -0.4 is 5.32 Å². The molecule has 0 saturated carbocycles. The lowest BCUT2D eigenvalue weighted by Crippen LogP contribution is -2.36. The van der Waals surface area contributed by atoms with Crippen LogP contribution in [-0.2, 0) is 16.1 Å². The van der Waals surface area contributed by atoms with E-state index in [0.717, 1.165) is 11.0 Å². The normalized spacial score (nSPS) is 19.7. The predicted octanol–water partition coefficient (Wildman–Crippen LogP) is 0.812. The Bertz CT molecular complexity index is 505. The van der Waals surface area contributed by atoms with Crippen LogP contribution in [0.15, 0.2) is 18.2 Å². The van der Waals surface area contributed by atoms with Crippen LogP contribution in [0.3, 0.4) is 0 Å². The highest BCUT2D eigenvalue weighted by molar-refractivity contribution is 6.05. The molecule has 0 aliphatic carbocycles. The third-order valence-corrected chi connectivity index (χ3v) is 2.95. The van der Waals surface area contributed by atoms with Crippen LogP contribution >= 0.6 is 0 Å². The van der Waals surface area contributed by atoms with E-state index in [1.807, 2.05) is 0 Å². The highest BCUT2D eigenvalue weighted by Crippen LogP contribution is 2.14. The molecule has 0 aromatic heterocycles. The number of imide groups is 1. The fourth-order valence-electron chi connectivity index (χ4n) is 1.83. The number of hydrogen-bond acceptors (Lipinski definition) is 3. The maximum Gasteiger partial charge on any atom is 0.246 e. The summed E-state index contributed by atoms with van der Waals surface area (Å²) in [6.45, 7) is 0.00111. The Labute approximate surface area is 103 Å². The molecule has 1 aliphatic heterocycles. The van der Waals surface area contributed by atoms with Crippen molar-refractivity contribution in [3.05, 3.63) is 35.4 Å². The van der Waals surface area contributed by atoms with Crippen LogP contribution in [-0.4, -0.2) is 29.8 Å². The van der Waals surface area contributed by atoms with Crippen molar-refractivity contribution in [1.29, 1.82) is 0 Å². The van der Waals surface area contributed by atoms with Gasteiger partial charge in [-0.3, -0.25) is 14.5 Å². The first-order valence-electron chi connectivity index (χ1n) is 5.47. The molecule has 1 fully saturated rings. The van der Waals surface area contributed by atoms with E-state index in [9.17, 15) is 18.4 Å². The molecule has 1 N–H and O–H groups in total. The lowest BCUT2D eigenvalue weighted by Gasteiger charge is -2.11. The van der Waals surface area contributed by atoms with Crippen molar-refractivity contribution in [2.75, 3.05) is 7.05 Å². The lowest BCUT2D eigenvalue weighted by atomic mass is 10.1. The summed E-state index contributed by atoms with van der Waals surface area (Å²) >= 11 is 0. The Kier molecular flexibility index (Phi) is 3.38. The zero-order valence-electron chi connectivity index (χ0n) is 9.74. The molecule has 4 nitrogen and oxygen atoms in total. The Morgan fingerprint density at radius 1 is 1.39 bits per heavy atom. The second-order valence-electron chi connectivity index (χ2n) is 4.14. The van der Waals surface area contributed by atoms with Crippen molar-refractivity contribution in [3.63, 3.8) is 0 Å². The zero-order valence-corrected chi connectivity index (χ0v) is 9.74. The van der Waals surface area contributed by atoms with Gasteiger partial charge in [0, 0.05) is 19.2 Å². The second kappa shape index (κ2) is 4.81. The average Bonchev–Trinajstić information content (AvgIpc) is 2.59. The predicted molar refractivity (Wildman–Crippen MR) is 59.4 cm³/mol. The number of benzene rings is 1. The van der Waals surface area contributed by atoms with Crippen LogP contribution in [0.5, 0.6) is 0 Å². The van der Waals surface area contributed by atoms with Crippen LogP contribution in [0.25, 0.3) is 0 Å². The first-order valence-corrected chi connectivity index (χ1v) is 5.47. The quantitative estimate of drug-likeness (QED) is 0.812. The summed E-state index contributed by atoms with van der Waals surface area (Å²) in [4.78, 5) is 23.8. The summed E-state index contributed by atoms with van der Waals surface area (Å²) in [7, 11) is 1.40. The summed E-state index contributed by atoms with van der Waals surface area (Å²) in [6.07, 6.45) is 0.0479. The van der Waals surface area contributed by atoms with E-state index < -0.39 is 17.7 Å². The van der Waals surface area contributed by atoms with E-state index in [1.54, 1.807) is 0 Å². The van der Waals surface area contributed by atoms with Gasteiger partial charge in [0.15, 0.2) is 11.6 Å². The van der Waals surface area contributed by atoms with Crippen LogP contribution in [0, 0.1) is 11.6 Å². The number of amides is 2. The largest absolute Gasteiger partial charge is 0.301 e. The minimum atomic E-state index is -0.935. The fraction of sp³-hybridized carbons (Fsp3) is 0.333. The molecule has 1 aromatic rings. The topological polar surface area (TPSA) is 49.4 Å². The third kappa shape index (κ3) is 2.24. The Balaban J connectivity index is 2.03. The van der Waals surface area contributed by atoms with E-state index >= 15 is 0 Å². The average molecular weight is 254 g/mol. The molecule has 0 bridgehead atoms. The van der Waals surface area contributed by atoms with Gasteiger partial charge >= 0.3 is 0 Å². The van der Waals surface area contributed by atoms with E-state index in [4.69, 9.17) is 0 Å². The first-order chi connectivity index (χ1) is 8.50. The van der Waals surface area contributed by atoms with Crippen molar-refractivity contribution in [1.82, 2.24) is 10.2 Å². The monoisotopic (exact) mass is 254 g/mol. The van der Waals surface area contributed by atoms with Crippen LogP contribution in [0.2, 0.25) is 0 Å². The maximum atomic E-state index is 13.3. The molecular weight excluding hydrogens is 242 g/mol. The minimum absolute atomic E-state index is 0.00111. The van der Waals surface area contributed by atoms with Gasteiger partial charge < -0.3 is 5.32 Å². The van der Waals surface area contributed by atoms with Crippen LogP contribution in [0.1, 0.15) is 12.0 Å². The summed E-state index contributed by atoms with van der Waals surface area (Å²) in [5.74, 6) is -2.50. The standard InChI is InChI=1S/C12H12F2N2O2/c1-16-10(17)5-9(12(16)18)15-6-7-3-2-4-8(13)11(7)14/h2-4,9,15H,5-6H2,1H3. The first kappa shape index (κ1) is 12.6. The van der Waals surface area contributed by atoms with E-state index in [1.165, 1.54) is 19.2 Å². The molecule has 2 rings (SSSR count). The number of nitrogens with zero attached hydrogens (tertiary/aromatic N) is 1. The highest BCUT2D eigenvalue weighted by Gasteiger charge is 2.35. The molecule has 2 amide bonds. The van der Waals surface area contributed by atoms with E-state index in [-0.39, 0.29) is 30.3 Å². The Morgan fingerprint density at radius 3 is 2.72 bits per heavy atom. The number of likely N-dealkylation sites (tertiary alicyclic amines) is 1. The number of rotatable bonds is 3.